The Labute approximate surface area is 108 Å². The Hall–Kier alpha value is -1.34. The minimum Gasteiger partial charge on any atom is -0.385 e. The molecule has 0 amide bonds. The zero-order chi connectivity index (χ0) is 13.3. The molecule has 0 saturated heterocycles. The van der Waals surface area contributed by atoms with E-state index in [1.807, 2.05) is 18.4 Å². The molecule has 2 rings (SSSR count). The van der Waals surface area contributed by atoms with Gasteiger partial charge < -0.3 is 9.67 Å². The summed E-state index contributed by atoms with van der Waals surface area (Å²) in [7, 11) is 0. The van der Waals surface area contributed by atoms with Gasteiger partial charge in [-0.05, 0) is 39.0 Å². The highest BCUT2D eigenvalue weighted by Gasteiger charge is 2.45. The quantitative estimate of drug-likeness (QED) is 0.893. The number of aromatic nitrogens is 2. The maximum Gasteiger partial charge on any atom is 0.114 e. The average Bonchev–Trinajstić information content (AvgIpc) is 2.95. The maximum absolute atomic E-state index is 10.6. The van der Waals surface area contributed by atoms with Gasteiger partial charge in [-0.25, -0.2) is 4.98 Å². The average molecular weight is 247 g/mol. The van der Waals surface area contributed by atoms with Gasteiger partial charge in [0, 0.05) is 6.04 Å². The van der Waals surface area contributed by atoms with Crippen LogP contribution in [0.2, 0.25) is 0 Å². The monoisotopic (exact) mass is 247 g/mol. The molecule has 1 N–H and O–H groups in total. The van der Waals surface area contributed by atoms with Gasteiger partial charge in [-0.2, -0.15) is 5.26 Å². The number of hydrogen-bond donors (Lipinski definition) is 1. The number of nitrogens with zero attached hydrogens (tertiary/aromatic N) is 3. The fourth-order valence-corrected chi connectivity index (χ4v) is 2.98. The van der Waals surface area contributed by atoms with Crippen LogP contribution in [0, 0.1) is 22.7 Å². The van der Waals surface area contributed by atoms with E-state index in [9.17, 15) is 10.4 Å². The Kier molecular flexibility index (Phi) is 3.45. The molecule has 1 saturated carbocycles. The van der Waals surface area contributed by atoms with Crippen molar-refractivity contribution in [2.45, 2.75) is 52.2 Å². The van der Waals surface area contributed by atoms with Crippen molar-refractivity contribution < 1.29 is 5.11 Å². The largest absolute Gasteiger partial charge is 0.385 e. The van der Waals surface area contributed by atoms with Crippen LogP contribution in [0.5, 0.6) is 0 Å². The molecule has 1 fully saturated rings. The predicted molar refractivity (Wildman–Crippen MR) is 68.6 cm³/mol. The second kappa shape index (κ2) is 4.74. The molecule has 1 heterocycles. The summed E-state index contributed by atoms with van der Waals surface area (Å²) in [6.07, 6.45) is 5.24. The molecule has 0 bridgehead atoms. The van der Waals surface area contributed by atoms with Crippen LogP contribution in [0.3, 0.4) is 0 Å². The number of nitriles is 1. The first-order valence-corrected chi connectivity index (χ1v) is 6.61. The van der Waals surface area contributed by atoms with Crippen molar-refractivity contribution in [2.75, 3.05) is 0 Å². The molecular formula is C14H21N3O. The maximum atomic E-state index is 10.6. The predicted octanol–water partition coefficient (Wildman–Crippen LogP) is 2.83. The van der Waals surface area contributed by atoms with Gasteiger partial charge in [0.1, 0.15) is 6.10 Å². The van der Waals surface area contributed by atoms with E-state index in [-0.39, 0.29) is 6.04 Å². The van der Waals surface area contributed by atoms with Crippen LogP contribution in [0.4, 0.5) is 0 Å². The molecule has 98 valence electrons. The van der Waals surface area contributed by atoms with Crippen molar-refractivity contribution in [1.29, 1.82) is 5.26 Å². The highest BCUT2D eigenvalue weighted by atomic mass is 16.3. The van der Waals surface area contributed by atoms with Gasteiger partial charge in [0.25, 0.3) is 0 Å². The van der Waals surface area contributed by atoms with E-state index in [1.54, 1.807) is 12.5 Å². The number of hydrogen-bond acceptors (Lipinski definition) is 3. The molecule has 3 atom stereocenters. The van der Waals surface area contributed by atoms with E-state index >= 15 is 0 Å². The standard InChI is InChI=1S/C14H21N3O/c1-10(2)17-9-16-7-12(17)13(18)14(8-15)5-4-11(3)6-14/h7,9-11,13,18H,4-6H2,1-3H3. The van der Waals surface area contributed by atoms with E-state index in [4.69, 9.17) is 0 Å². The first-order chi connectivity index (χ1) is 8.50. The molecule has 3 unspecified atom stereocenters. The molecule has 1 aromatic heterocycles. The van der Waals surface area contributed by atoms with Crippen molar-refractivity contribution in [1.82, 2.24) is 9.55 Å². The minimum atomic E-state index is -0.739. The third kappa shape index (κ3) is 2.04. The smallest absolute Gasteiger partial charge is 0.114 e. The Bertz CT molecular complexity index is 460. The molecule has 1 aliphatic carbocycles. The Balaban J connectivity index is 2.33. The third-order valence-corrected chi connectivity index (χ3v) is 4.07. The van der Waals surface area contributed by atoms with Crippen molar-refractivity contribution in [3.05, 3.63) is 18.2 Å². The first-order valence-electron chi connectivity index (χ1n) is 6.61. The summed E-state index contributed by atoms with van der Waals surface area (Å²) in [6.45, 7) is 6.24. The zero-order valence-corrected chi connectivity index (χ0v) is 11.3. The third-order valence-electron chi connectivity index (χ3n) is 4.07. The van der Waals surface area contributed by atoms with Crippen molar-refractivity contribution in [3.63, 3.8) is 0 Å². The number of rotatable bonds is 3. The van der Waals surface area contributed by atoms with Crippen molar-refractivity contribution >= 4 is 0 Å². The SMILES string of the molecule is CC1CCC(C#N)(C(O)c2cncn2C(C)C)C1. The van der Waals surface area contributed by atoms with Crippen LogP contribution >= 0.6 is 0 Å². The first kappa shape index (κ1) is 13.1. The van der Waals surface area contributed by atoms with E-state index in [0.29, 0.717) is 5.92 Å². The van der Waals surface area contributed by atoms with Crippen LogP contribution in [0.25, 0.3) is 0 Å². The molecule has 0 radical (unpaired) electrons. The number of aliphatic hydroxyl groups excluding tert-OH is 1. The summed E-state index contributed by atoms with van der Waals surface area (Å²) in [6, 6.07) is 2.61. The Morgan fingerprint density at radius 3 is 2.83 bits per heavy atom. The Morgan fingerprint density at radius 2 is 2.33 bits per heavy atom. The van der Waals surface area contributed by atoms with Crippen molar-refractivity contribution in [2.24, 2.45) is 11.3 Å². The lowest BCUT2D eigenvalue weighted by atomic mass is 9.79. The van der Waals surface area contributed by atoms with Gasteiger partial charge in [-0.15, -0.1) is 0 Å². The topological polar surface area (TPSA) is 61.8 Å². The summed E-state index contributed by atoms with van der Waals surface area (Å²) >= 11 is 0. The van der Waals surface area contributed by atoms with Gasteiger partial charge in [0.2, 0.25) is 0 Å². The summed E-state index contributed by atoms with van der Waals surface area (Å²) in [5, 5.41) is 20.1. The zero-order valence-electron chi connectivity index (χ0n) is 11.3. The van der Waals surface area contributed by atoms with Gasteiger partial charge >= 0.3 is 0 Å². The fraction of sp³-hybridized carbons (Fsp3) is 0.714. The molecule has 0 spiro atoms. The lowest BCUT2D eigenvalue weighted by Crippen LogP contribution is -2.26. The number of aliphatic hydroxyl groups is 1. The van der Waals surface area contributed by atoms with Gasteiger partial charge in [0.05, 0.1) is 29.7 Å². The molecule has 1 aliphatic rings. The molecular weight excluding hydrogens is 226 g/mol. The van der Waals surface area contributed by atoms with Crippen LogP contribution in [0.15, 0.2) is 12.5 Å². The molecule has 18 heavy (non-hydrogen) atoms. The lowest BCUT2D eigenvalue weighted by molar-refractivity contribution is 0.0569. The molecule has 1 aromatic rings. The highest BCUT2D eigenvalue weighted by molar-refractivity contribution is 5.17. The highest BCUT2D eigenvalue weighted by Crippen LogP contribution is 2.49. The van der Waals surface area contributed by atoms with Crippen molar-refractivity contribution in [3.8, 4) is 6.07 Å². The lowest BCUT2D eigenvalue weighted by Gasteiger charge is -2.28. The molecule has 0 aliphatic heterocycles. The summed E-state index contributed by atoms with van der Waals surface area (Å²) in [5.74, 6) is 0.509. The molecule has 4 heteroatoms. The number of imidazole rings is 1. The summed E-state index contributed by atoms with van der Waals surface area (Å²) in [5.41, 5.74) is 0.132. The van der Waals surface area contributed by atoms with Gasteiger partial charge in [-0.3, -0.25) is 0 Å². The van der Waals surface area contributed by atoms with Gasteiger partial charge in [-0.1, -0.05) is 6.92 Å². The van der Waals surface area contributed by atoms with Crippen LogP contribution in [-0.2, 0) is 0 Å². The molecule has 0 aromatic carbocycles. The minimum absolute atomic E-state index is 0.242. The second-order valence-corrected chi connectivity index (χ2v) is 5.84. The Morgan fingerprint density at radius 1 is 1.61 bits per heavy atom. The van der Waals surface area contributed by atoms with E-state index in [1.165, 1.54) is 0 Å². The summed E-state index contributed by atoms with van der Waals surface area (Å²) < 4.78 is 1.95. The van der Waals surface area contributed by atoms with E-state index < -0.39 is 11.5 Å². The van der Waals surface area contributed by atoms with Gasteiger partial charge in [0.15, 0.2) is 0 Å². The molecule has 4 nitrogen and oxygen atoms in total. The summed E-state index contributed by atoms with van der Waals surface area (Å²) in [4.78, 5) is 4.11. The van der Waals surface area contributed by atoms with E-state index in [2.05, 4.69) is 18.0 Å². The van der Waals surface area contributed by atoms with Crippen LogP contribution in [-0.4, -0.2) is 14.7 Å². The van der Waals surface area contributed by atoms with Crippen LogP contribution in [0.1, 0.15) is 57.9 Å². The normalized spacial score (nSPS) is 29.4. The fourth-order valence-electron chi connectivity index (χ4n) is 2.98. The van der Waals surface area contributed by atoms with Crippen LogP contribution < -0.4 is 0 Å². The van der Waals surface area contributed by atoms with E-state index in [0.717, 1.165) is 25.0 Å². The second-order valence-electron chi connectivity index (χ2n) is 5.84.